The summed E-state index contributed by atoms with van der Waals surface area (Å²) in [5.41, 5.74) is 5.99. The Labute approximate surface area is 86.2 Å². The highest BCUT2D eigenvalue weighted by molar-refractivity contribution is 7.15. The summed E-state index contributed by atoms with van der Waals surface area (Å²) in [6, 6.07) is 0. The third kappa shape index (κ3) is 1.15. The van der Waals surface area contributed by atoms with Crippen LogP contribution in [-0.2, 0) is 0 Å². The van der Waals surface area contributed by atoms with Gasteiger partial charge in [0, 0.05) is 5.92 Å². The van der Waals surface area contributed by atoms with Crippen LogP contribution in [0.4, 0.5) is 5.13 Å². The number of anilines is 1. The third-order valence-corrected chi connectivity index (χ3v) is 4.42. The standard InChI is InChI=1S/C9H13N3OS/c10-8-12-11-7(14-8)5-1-9(2-5)3-6(13)4-9/h5-6,13H,1-4H2,(H2,10,12). The van der Waals surface area contributed by atoms with Gasteiger partial charge in [-0.25, -0.2) is 0 Å². The Bertz CT molecular complexity index is 351. The first-order chi connectivity index (χ1) is 6.67. The van der Waals surface area contributed by atoms with Crippen LogP contribution in [0.25, 0.3) is 0 Å². The second kappa shape index (κ2) is 2.67. The van der Waals surface area contributed by atoms with Crippen molar-refractivity contribution in [3.8, 4) is 0 Å². The molecule has 0 unspecified atom stereocenters. The van der Waals surface area contributed by atoms with Gasteiger partial charge >= 0.3 is 0 Å². The Hall–Kier alpha value is -0.680. The highest BCUT2D eigenvalue weighted by Gasteiger charge is 2.53. The maximum absolute atomic E-state index is 9.26. The van der Waals surface area contributed by atoms with E-state index in [4.69, 9.17) is 5.73 Å². The Morgan fingerprint density at radius 3 is 2.50 bits per heavy atom. The molecule has 0 saturated heterocycles. The summed E-state index contributed by atoms with van der Waals surface area (Å²) < 4.78 is 0. The Morgan fingerprint density at radius 1 is 1.29 bits per heavy atom. The molecule has 0 amide bonds. The number of hydrogen-bond acceptors (Lipinski definition) is 5. The lowest BCUT2D eigenvalue weighted by atomic mass is 9.51. The number of nitrogens with zero attached hydrogens (tertiary/aromatic N) is 2. The quantitative estimate of drug-likeness (QED) is 0.730. The van der Waals surface area contributed by atoms with Gasteiger partial charge in [0.15, 0.2) is 0 Å². The van der Waals surface area contributed by atoms with Gasteiger partial charge in [0.25, 0.3) is 0 Å². The summed E-state index contributed by atoms with van der Waals surface area (Å²) in [7, 11) is 0. The Balaban J connectivity index is 1.65. The normalized spacial score (nSPS) is 40.6. The van der Waals surface area contributed by atoms with Gasteiger partial charge in [0.2, 0.25) is 5.13 Å². The number of aliphatic hydroxyl groups is 1. The molecule has 0 radical (unpaired) electrons. The SMILES string of the molecule is Nc1nnc(C2CC3(CC(O)C3)C2)s1. The van der Waals surface area contributed by atoms with Crippen LogP contribution in [0.15, 0.2) is 0 Å². The fourth-order valence-corrected chi connectivity index (χ4v) is 3.56. The lowest BCUT2D eigenvalue weighted by Crippen LogP contribution is -2.49. The highest BCUT2D eigenvalue weighted by atomic mass is 32.1. The molecule has 14 heavy (non-hydrogen) atoms. The molecule has 5 heteroatoms. The van der Waals surface area contributed by atoms with E-state index in [2.05, 4.69) is 10.2 Å². The summed E-state index contributed by atoms with van der Waals surface area (Å²) >= 11 is 1.50. The number of aromatic nitrogens is 2. The first-order valence-electron chi connectivity index (χ1n) is 4.94. The summed E-state index contributed by atoms with van der Waals surface area (Å²) in [5, 5.41) is 18.8. The zero-order chi connectivity index (χ0) is 9.76. The topological polar surface area (TPSA) is 72.0 Å². The second-order valence-corrected chi connectivity index (χ2v) is 5.69. The minimum atomic E-state index is -0.0459. The number of nitrogens with two attached hydrogens (primary N) is 1. The summed E-state index contributed by atoms with van der Waals surface area (Å²) in [6.07, 6.45) is 4.25. The molecule has 1 aromatic rings. The molecule has 2 fully saturated rings. The molecule has 3 rings (SSSR count). The average molecular weight is 211 g/mol. The first-order valence-corrected chi connectivity index (χ1v) is 5.75. The molecular formula is C9H13N3OS. The molecule has 2 aliphatic rings. The lowest BCUT2D eigenvalue weighted by molar-refractivity contribution is -0.0924. The van der Waals surface area contributed by atoms with E-state index in [1.807, 2.05) is 0 Å². The lowest BCUT2D eigenvalue weighted by Gasteiger charge is -2.55. The van der Waals surface area contributed by atoms with Crippen molar-refractivity contribution in [1.29, 1.82) is 0 Å². The van der Waals surface area contributed by atoms with Crippen molar-refractivity contribution in [2.45, 2.75) is 37.7 Å². The van der Waals surface area contributed by atoms with E-state index in [1.54, 1.807) is 0 Å². The number of nitrogen functional groups attached to an aromatic ring is 1. The van der Waals surface area contributed by atoms with Crippen molar-refractivity contribution in [2.24, 2.45) is 5.41 Å². The van der Waals surface area contributed by atoms with Gasteiger partial charge in [-0.1, -0.05) is 11.3 Å². The van der Waals surface area contributed by atoms with Crippen LogP contribution < -0.4 is 5.73 Å². The van der Waals surface area contributed by atoms with Crippen LogP contribution in [0.2, 0.25) is 0 Å². The van der Waals surface area contributed by atoms with Gasteiger partial charge in [-0.15, -0.1) is 10.2 Å². The molecule has 1 aromatic heterocycles. The number of hydrogen-bond donors (Lipinski definition) is 2. The maximum Gasteiger partial charge on any atom is 0.203 e. The smallest absolute Gasteiger partial charge is 0.203 e. The molecule has 76 valence electrons. The molecule has 0 atom stereocenters. The van der Waals surface area contributed by atoms with E-state index >= 15 is 0 Å². The highest BCUT2D eigenvalue weighted by Crippen LogP contribution is 2.62. The van der Waals surface area contributed by atoms with Gasteiger partial charge in [0.1, 0.15) is 5.01 Å². The largest absolute Gasteiger partial charge is 0.393 e. The molecule has 0 bridgehead atoms. The van der Waals surface area contributed by atoms with E-state index in [1.165, 1.54) is 24.2 Å². The van der Waals surface area contributed by atoms with E-state index in [0.717, 1.165) is 17.8 Å². The molecule has 3 N–H and O–H groups in total. The average Bonchev–Trinajstić information content (AvgIpc) is 2.41. The van der Waals surface area contributed by atoms with Crippen LogP contribution in [0.1, 0.15) is 36.6 Å². The van der Waals surface area contributed by atoms with Crippen molar-refractivity contribution < 1.29 is 5.11 Å². The number of rotatable bonds is 1. The second-order valence-electron chi connectivity index (χ2n) is 4.65. The zero-order valence-corrected chi connectivity index (χ0v) is 8.63. The van der Waals surface area contributed by atoms with Gasteiger partial charge < -0.3 is 10.8 Å². The minimum Gasteiger partial charge on any atom is -0.393 e. The van der Waals surface area contributed by atoms with Gasteiger partial charge in [-0.05, 0) is 31.1 Å². The van der Waals surface area contributed by atoms with Crippen molar-refractivity contribution >= 4 is 16.5 Å². The molecule has 4 nitrogen and oxygen atoms in total. The van der Waals surface area contributed by atoms with Gasteiger partial charge in [0.05, 0.1) is 6.10 Å². The van der Waals surface area contributed by atoms with Gasteiger partial charge in [-0.2, -0.15) is 0 Å². The fraction of sp³-hybridized carbons (Fsp3) is 0.778. The van der Waals surface area contributed by atoms with E-state index in [0.29, 0.717) is 16.5 Å². The van der Waals surface area contributed by atoms with Crippen molar-refractivity contribution in [3.05, 3.63) is 5.01 Å². The fourth-order valence-electron chi connectivity index (χ4n) is 2.84. The minimum absolute atomic E-state index is 0.0459. The molecule has 1 heterocycles. The van der Waals surface area contributed by atoms with Crippen LogP contribution in [0.3, 0.4) is 0 Å². The van der Waals surface area contributed by atoms with Gasteiger partial charge in [-0.3, -0.25) is 0 Å². The molecule has 0 aliphatic heterocycles. The van der Waals surface area contributed by atoms with E-state index < -0.39 is 0 Å². The first kappa shape index (κ1) is 8.61. The van der Waals surface area contributed by atoms with Crippen LogP contribution in [0, 0.1) is 5.41 Å². The van der Waals surface area contributed by atoms with Crippen LogP contribution in [0.5, 0.6) is 0 Å². The maximum atomic E-state index is 9.26. The van der Waals surface area contributed by atoms with Crippen molar-refractivity contribution in [2.75, 3.05) is 5.73 Å². The Morgan fingerprint density at radius 2 is 2.00 bits per heavy atom. The Kier molecular flexibility index (Phi) is 1.64. The molecule has 2 aliphatic carbocycles. The third-order valence-electron chi connectivity index (χ3n) is 3.50. The van der Waals surface area contributed by atoms with E-state index in [-0.39, 0.29) is 6.10 Å². The van der Waals surface area contributed by atoms with Crippen molar-refractivity contribution in [1.82, 2.24) is 10.2 Å². The molecule has 1 spiro atoms. The summed E-state index contributed by atoms with van der Waals surface area (Å²) in [5.74, 6) is 0.553. The molecular weight excluding hydrogens is 198 g/mol. The monoisotopic (exact) mass is 211 g/mol. The van der Waals surface area contributed by atoms with Crippen LogP contribution >= 0.6 is 11.3 Å². The zero-order valence-electron chi connectivity index (χ0n) is 7.81. The molecule has 0 aromatic carbocycles. The van der Waals surface area contributed by atoms with E-state index in [9.17, 15) is 5.11 Å². The predicted octanol–water partition coefficient (Wildman–Crippen LogP) is 1.14. The predicted molar refractivity (Wildman–Crippen MR) is 54.0 cm³/mol. The van der Waals surface area contributed by atoms with Crippen LogP contribution in [-0.4, -0.2) is 21.4 Å². The molecule has 2 saturated carbocycles. The summed E-state index contributed by atoms with van der Waals surface area (Å²) in [4.78, 5) is 0. The number of aliphatic hydroxyl groups excluding tert-OH is 1. The van der Waals surface area contributed by atoms with Crippen molar-refractivity contribution in [3.63, 3.8) is 0 Å². The summed E-state index contributed by atoms with van der Waals surface area (Å²) in [6.45, 7) is 0.